The zero-order chi connectivity index (χ0) is 14.9. The minimum Gasteiger partial charge on any atom is -0.348 e. The highest BCUT2D eigenvalue weighted by molar-refractivity contribution is 5.94. The quantitative estimate of drug-likeness (QED) is 0.837. The summed E-state index contributed by atoms with van der Waals surface area (Å²) in [5.74, 6) is -1.32. The normalized spacial score (nSPS) is 21.6. The summed E-state index contributed by atoms with van der Waals surface area (Å²) in [4.78, 5) is 17.7. The Morgan fingerprint density at radius 3 is 2.67 bits per heavy atom. The lowest BCUT2D eigenvalue weighted by Gasteiger charge is -2.39. The second-order valence-electron chi connectivity index (χ2n) is 5.61. The molecule has 2 fully saturated rings. The number of carbonyl (C=O) groups is 1. The van der Waals surface area contributed by atoms with Crippen LogP contribution < -0.4 is 0 Å². The maximum absolute atomic E-state index is 13.7. The molecule has 1 spiro atoms. The van der Waals surface area contributed by atoms with E-state index in [1.165, 1.54) is 12.3 Å². The highest BCUT2D eigenvalue weighted by Gasteiger charge is 2.41. The summed E-state index contributed by atoms with van der Waals surface area (Å²) < 4.78 is 25.0. The fraction of sp³-hybridized carbons (Fsp3) is 0.600. The van der Waals surface area contributed by atoms with E-state index in [1.807, 2.05) is 0 Å². The SMILES string of the molecule is CN(C(=O)c1ccncc1F)C1CCC2(CC1)OCCO2. The van der Waals surface area contributed by atoms with Crippen LogP contribution in [0.15, 0.2) is 18.5 Å². The molecule has 2 aliphatic rings. The summed E-state index contributed by atoms with van der Waals surface area (Å²) >= 11 is 0. The van der Waals surface area contributed by atoms with Gasteiger partial charge in [-0.25, -0.2) is 4.39 Å². The Morgan fingerprint density at radius 2 is 2.05 bits per heavy atom. The van der Waals surface area contributed by atoms with Crippen LogP contribution >= 0.6 is 0 Å². The minimum absolute atomic E-state index is 0.0705. The number of amides is 1. The Morgan fingerprint density at radius 1 is 1.38 bits per heavy atom. The molecule has 0 bridgehead atoms. The second kappa shape index (κ2) is 5.69. The van der Waals surface area contributed by atoms with Crippen molar-refractivity contribution < 1.29 is 18.7 Å². The first-order valence-corrected chi connectivity index (χ1v) is 7.26. The molecule has 1 aliphatic carbocycles. The van der Waals surface area contributed by atoms with E-state index in [4.69, 9.17) is 9.47 Å². The van der Waals surface area contributed by atoms with Crippen molar-refractivity contribution in [2.75, 3.05) is 20.3 Å². The van der Waals surface area contributed by atoms with Gasteiger partial charge >= 0.3 is 0 Å². The number of nitrogens with zero attached hydrogens (tertiary/aromatic N) is 2. The lowest BCUT2D eigenvalue weighted by atomic mass is 9.89. The Balaban J connectivity index is 1.65. The van der Waals surface area contributed by atoms with Crippen LogP contribution in [0.5, 0.6) is 0 Å². The molecule has 21 heavy (non-hydrogen) atoms. The summed E-state index contributed by atoms with van der Waals surface area (Å²) in [5, 5.41) is 0. The molecule has 0 N–H and O–H groups in total. The number of aromatic nitrogens is 1. The molecule has 114 valence electrons. The molecule has 0 atom stereocenters. The van der Waals surface area contributed by atoms with Crippen LogP contribution in [0.25, 0.3) is 0 Å². The van der Waals surface area contributed by atoms with Gasteiger partial charge in [-0.05, 0) is 18.9 Å². The molecule has 1 amide bonds. The van der Waals surface area contributed by atoms with Gasteiger partial charge in [0.1, 0.15) is 0 Å². The Labute approximate surface area is 123 Å². The van der Waals surface area contributed by atoms with Crippen LogP contribution in [-0.4, -0.2) is 47.9 Å². The van der Waals surface area contributed by atoms with Crippen LogP contribution in [0, 0.1) is 5.82 Å². The molecule has 6 heteroatoms. The van der Waals surface area contributed by atoms with E-state index in [0.29, 0.717) is 13.2 Å². The summed E-state index contributed by atoms with van der Waals surface area (Å²) in [5.41, 5.74) is 0.0705. The van der Waals surface area contributed by atoms with E-state index >= 15 is 0 Å². The standard InChI is InChI=1S/C15H19FN2O3/c1-18(14(19)12-4-7-17-10-13(12)16)11-2-5-15(6-3-11)20-8-9-21-15/h4,7,10-11H,2-3,5-6,8-9H2,1H3. The van der Waals surface area contributed by atoms with Crippen molar-refractivity contribution >= 4 is 5.91 Å². The molecule has 0 radical (unpaired) electrons. The number of rotatable bonds is 2. The molecular formula is C15H19FN2O3. The number of halogens is 1. The van der Waals surface area contributed by atoms with Gasteiger partial charge in [-0.2, -0.15) is 0 Å². The average molecular weight is 294 g/mol. The topological polar surface area (TPSA) is 51.7 Å². The summed E-state index contributed by atoms with van der Waals surface area (Å²) in [6, 6.07) is 1.50. The van der Waals surface area contributed by atoms with Crippen molar-refractivity contribution in [3.63, 3.8) is 0 Å². The summed E-state index contributed by atoms with van der Waals surface area (Å²) in [6.07, 6.45) is 5.64. The van der Waals surface area contributed by atoms with Crippen LogP contribution in [0.1, 0.15) is 36.0 Å². The molecular weight excluding hydrogens is 275 g/mol. The van der Waals surface area contributed by atoms with Crippen molar-refractivity contribution in [1.82, 2.24) is 9.88 Å². The smallest absolute Gasteiger partial charge is 0.256 e. The third-order valence-corrected chi connectivity index (χ3v) is 4.40. The van der Waals surface area contributed by atoms with Crippen LogP contribution in [0.2, 0.25) is 0 Å². The van der Waals surface area contributed by atoms with Gasteiger partial charge in [0.15, 0.2) is 11.6 Å². The molecule has 2 heterocycles. The molecule has 1 saturated carbocycles. The number of hydrogen-bond donors (Lipinski definition) is 0. The summed E-state index contributed by atoms with van der Waals surface area (Å²) in [7, 11) is 1.72. The molecule has 1 aromatic rings. The van der Waals surface area contributed by atoms with Crippen LogP contribution in [0.3, 0.4) is 0 Å². The Kier molecular flexibility index (Phi) is 3.91. The number of hydrogen-bond acceptors (Lipinski definition) is 4. The fourth-order valence-corrected chi connectivity index (χ4v) is 3.12. The van der Waals surface area contributed by atoms with Gasteiger partial charge in [0.05, 0.1) is 25.0 Å². The highest BCUT2D eigenvalue weighted by atomic mass is 19.1. The highest BCUT2D eigenvalue weighted by Crippen LogP contribution is 2.37. The third kappa shape index (κ3) is 2.78. The predicted molar refractivity (Wildman–Crippen MR) is 73.2 cm³/mol. The average Bonchev–Trinajstić information content (AvgIpc) is 2.95. The Bertz CT molecular complexity index is 521. The van der Waals surface area contributed by atoms with Gasteiger partial charge in [-0.3, -0.25) is 9.78 Å². The van der Waals surface area contributed by atoms with Gasteiger partial charge in [-0.1, -0.05) is 0 Å². The summed E-state index contributed by atoms with van der Waals surface area (Å²) in [6.45, 7) is 1.28. The van der Waals surface area contributed by atoms with Gasteiger partial charge in [0.25, 0.3) is 5.91 Å². The maximum atomic E-state index is 13.7. The largest absolute Gasteiger partial charge is 0.348 e. The van der Waals surface area contributed by atoms with Crippen molar-refractivity contribution in [1.29, 1.82) is 0 Å². The third-order valence-electron chi connectivity index (χ3n) is 4.40. The van der Waals surface area contributed by atoms with E-state index in [2.05, 4.69) is 4.98 Å². The molecule has 3 rings (SSSR count). The van der Waals surface area contributed by atoms with E-state index in [-0.39, 0.29) is 17.5 Å². The van der Waals surface area contributed by atoms with E-state index in [9.17, 15) is 9.18 Å². The maximum Gasteiger partial charge on any atom is 0.256 e. The monoisotopic (exact) mass is 294 g/mol. The molecule has 0 unspecified atom stereocenters. The zero-order valence-electron chi connectivity index (χ0n) is 12.0. The molecule has 1 saturated heterocycles. The first kappa shape index (κ1) is 14.4. The van der Waals surface area contributed by atoms with Gasteiger partial charge in [0.2, 0.25) is 0 Å². The fourth-order valence-electron chi connectivity index (χ4n) is 3.12. The number of carbonyl (C=O) groups excluding carboxylic acids is 1. The van der Waals surface area contributed by atoms with E-state index in [0.717, 1.165) is 31.9 Å². The molecule has 1 aromatic heterocycles. The first-order valence-electron chi connectivity index (χ1n) is 7.26. The minimum atomic E-state index is -0.580. The number of ether oxygens (including phenoxy) is 2. The van der Waals surface area contributed by atoms with E-state index in [1.54, 1.807) is 11.9 Å². The van der Waals surface area contributed by atoms with Gasteiger partial charge in [0, 0.05) is 32.1 Å². The first-order chi connectivity index (χ1) is 10.1. The van der Waals surface area contributed by atoms with Crippen molar-refractivity contribution in [2.24, 2.45) is 0 Å². The molecule has 1 aliphatic heterocycles. The van der Waals surface area contributed by atoms with Crippen molar-refractivity contribution in [2.45, 2.75) is 37.5 Å². The second-order valence-corrected chi connectivity index (χ2v) is 5.61. The van der Waals surface area contributed by atoms with Crippen LogP contribution in [-0.2, 0) is 9.47 Å². The lowest BCUT2D eigenvalue weighted by molar-refractivity contribution is -0.182. The number of pyridine rings is 1. The lowest BCUT2D eigenvalue weighted by Crippen LogP contribution is -2.45. The zero-order valence-corrected chi connectivity index (χ0v) is 12.0. The van der Waals surface area contributed by atoms with Crippen molar-refractivity contribution in [3.05, 3.63) is 29.8 Å². The van der Waals surface area contributed by atoms with E-state index < -0.39 is 11.6 Å². The van der Waals surface area contributed by atoms with Crippen molar-refractivity contribution in [3.8, 4) is 0 Å². The van der Waals surface area contributed by atoms with Gasteiger partial charge < -0.3 is 14.4 Å². The van der Waals surface area contributed by atoms with Gasteiger partial charge in [-0.15, -0.1) is 0 Å². The van der Waals surface area contributed by atoms with Crippen LogP contribution in [0.4, 0.5) is 4.39 Å². The Hall–Kier alpha value is -1.53. The predicted octanol–water partition coefficient (Wildman–Crippen LogP) is 1.98. The molecule has 0 aromatic carbocycles. The molecule has 5 nitrogen and oxygen atoms in total.